The first kappa shape index (κ1) is 26.7. The minimum atomic E-state index is -1.49. The molecule has 3 aromatic carbocycles. The Morgan fingerprint density at radius 3 is 2.41 bits per heavy atom. The highest BCUT2D eigenvalue weighted by atomic mass is 19.2. The van der Waals surface area contributed by atoms with E-state index in [4.69, 9.17) is 9.57 Å². The smallest absolute Gasteiger partial charge is 0.194 e. The number of oxime groups is 1. The van der Waals surface area contributed by atoms with Crippen molar-refractivity contribution in [3.05, 3.63) is 118 Å². The van der Waals surface area contributed by atoms with Crippen LogP contribution in [0.4, 0.5) is 13.2 Å². The molecule has 2 aliphatic rings. The molecule has 2 aliphatic heterocycles. The zero-order valence-electron chi connectivity index (χ0n) is 22.9. The molecular formula is C32H29F3N4O2. The molecule has 0 N–H and O–H groups in total. The third-order valence-corrected chi connectivity index (χ3v) is 7.81. The van der Waals surface area contributed by atoms with E-state index in [1.807, 2.05) is 77.9 Å². The van der Waals surface area contributed by atoms with E-state index in [2.05, 4.69) is 10.1 Å². The largest absolute Gasteiger partial charge is 0.495 e. The molecule has 0 amide bonds. The molecule has 0 spiro atoms. The van der Waals surface area contributed by atoms with E-state index in [-0.39, 0.29) is 5.56 Å². The third-order valence-electron chi connectivity index (χ3n) is 7.81. The SMILES string of the molecule is COc1cc(/C=C2\CCCN3C2=NOC(c2ccccc2)[C@@H]3c2cc(F)c(F)c(F)c2)ccc1-n1cnc(C)c1C. The molecule has 1 saturated heterocycles. The molecule has 1 aromatic heterocycles. The number of imidazole rings is 1. The van der Waals surface area contributed by atoms with Crippen LogP contribution in [0.15, 0.2) is 77.7 Å². The molecule has 0 saturated carbocycles. The van der Waals surface area contributed by atoms with E-state index in [9.17, 15) is 13.2 Å². The van der Waals surface area contributed by atoms with Crippen LogP contribution in [0.1, 0.15) is 53.1 Å². The van der Waals surface area contributed by atoms with Crippen molar-refractivity contribution in [1.82, 2.24) is 14.5 Å². The molecule has 6 rings (SSSR count). The zero-order chi connectivity index (χ0) is 28.7. The molecule has 4 aromatic rings. The van der Waals surface area contributed by atoms with Gasteiger partial charge in [-0.1, -0.05) is 41.6 Å². The molecule has 1 fully saturated rings. The van der Waals surface area contributed by atoms with Crippen LogP contribution >= 0.6 is 0 Å². The Morgan fingerprint density at radius 2 is 1.73 bits per heavy atom. The summed E-state index contributed by atoms with van der Waals surface area (Å²) in [4.78, 5) is 12.5. The number of aryl methyl sites for hydroxylation is 1. The quantitative estimate of drug-likeness (QED) is 0.243. The predicted octanol–water partition coefficient (Wildman–Crippen LogP) is 7.22. The van der Waals surface area contributed by atoms with E-state index in [0.717, 1.165) is 58.7 Å². The van der Waals surface area contributed by atoms with Gasteiger partial charge in [0.15, 0.2) is 29.4 Å². The van der Waals surface area contributed by atoms with Crippen molar-refractivity contribution in [2.24, 2.45) is 5.16 Å². The van der Waals surface area contributed by atoms with Crippen molar-refractivity contribution < 1.29 is 22.7 Å². The molecule has 0 radical (unpaired) electrons. The van der Waals surface area contributed by atoms with E-state index in [1.165, 1.54) is 0 Å². The van der Waals surface area contributed by atoms with Crippen LogP contribution in [0.5, 0.6) is 5.75 Å². The van der Waals surface area contributed by atoms with Crippen LogP contribution in [0.2, 0.25) is 0 Å². The zero-order valence-corrected chi connectivity index (χ0v) is 22.9. The maximum absolute atomic E-state index is 14.4. The van der Waals surface area contributed by atoms with Gasteiger partial charge in [-0.3, -0.25) is 4.57 Å². The highest BCUT2D eigenvalue weighted by molar-refractivity contribution is 6.03. The summed E-state index contributed by atoms with van der Waals surface area (Å²) in [6.07, 6.45) is 4.68. The Balaban J connectivity index is 1.40. The summed E-state index contributed by atoms with van der Waals surface area (Å²) in [7, 11) is 1.63. The Morgan fingerprint density at radius 1 is 0.976 bits per heavy atom. The van der Waals surface area contributed by atoms with Gasteiger partial charge in [0.2, 0.25) is 0 Å². The molecule has 210 valence electrons. The number of methoxy groups -OCH3 is 1. The minimum Gasteiger partial charge on any atom is -0.495 e. The van der Waals surface area contributed by atoms with E-state index >= 15 is 0 Å². The Hall–Kier alpha value is -4.53. The van der Waals surface area contributed by atoms with Crippen LogP contribution in [0.25, 0.3) is 11.8 Å². The van der Waals surface area contributed by atoms with E-state index < -0.39 is 29.6 Å². The molecule has 6 nitrogen and oxygen atoms in total. The number of benzene rings is 3. The summed E-state index contributed by atoms with van der Waals surface area (Å²) >= 11 is 0. The number of hydrogen-bond donors (Lipinski definition) is 0. The molecule has 2 atom stereocenters. The summed E-state index contributed by atoms with van der Waals surface area (Å²) in [5, 5.41) is 4.52. The lowest BCUT2D eigenvalue weighted by Crippen LogP contribution is -2.45. The average molecular weight is 559 g/mol. The van der Waals surface area contributed by atoms with Crippen molar-refractivity contribution in [2.75, 3.05) is 13.7 Å². The van der Waals surface area contributed by atoms with Gasteiger partial charge in [0.25, 0.3) is 0 Å². The second-order valence-electron chi connectivity index (χ2n) is 10.3. The van der Waals surface area contributed by atoms with Crippen LogP contribution in [0.3, 0.4) is 0 Å². The normalized spacial score (nSPS) is 19.5. The topological polar surface area (TPSA) is 51.9 Å². The van der Waals surface area contributed by atoms with Gasteiger partial charge in [0.05, 0.1) is 30.9 Å². The van der Waals surface area contributed by atoms with Gasteiger partial charge < -0.3 is 14.5 Å². The standard InChI is InChI=1S/C32H29F3N4O2/c1-19-20(2)39(18-36-19)27-12-11-21(15-28(27)40-3)14-23-10-7-13-38-30(24-16-25(33)29(35)26(34)17-24)31(41-37-32(23)38)22-8-5-4-6-9-22/h4-6,8-9,11-12,14-18,30-31H,7,10,13H2,1-3H3/b23-14+/t30-,31?/m0/s1. The Bertz CT molecular complexity index is 1640. The van der Waals surface area contributed by atoms with Crippen molar-refractivity contribution in [3.8, 4) is 11.4 Å². The predicted molar refractivity (Wildman–Crippen MR) is 150 cm³/mol. The number of hydrogen-bond acceptors (Lipinski definition) is 5. The number of nitrogens with zero attached hydrogens (tertiary/aromatic N) is 4. The van der Waals surface area contributed by atoms with Gasteiger partial charge in [-0.05, 0) is 79.3 Å². The maximum atomic E-state index is 14.4. The van der Waals surface area contributed by atoms with Gasteiger partial charge in [-0.25, -0.2) is 18.2 Å². The highest BCUT2D eigenvalue weighted by Crippen LogP contribution is 2.44. The average Bonchev–Trinajstić information content (AvgIpc) is 3.32. The second-order valence-corrected chi connectivity index (χ2v) is 10.3. The van der Waals surface area contributed by atoms with E-state index in [0.29, 0.717) is 18.1 Å². The Kier molecular flexibility index (Phi) is 7.03. The van der Waals surface area contributed by atoms with Gasteiger partial charge in [-0.15, -0.1) is 0 Å². The van der Waals surface area contributed by atoms with Crippen LogP contribution in [-0.4, -0.2) is 33.9 Å². The van der Waals surface area contributed by atoms with Crippen molar-refractivity contribution in [3.63, 3.8) is 0 Å². The first-order chi connectivity index (χ1) is 19.9. The lowest BCUT2D eigenvalue weighted by atomic mass is 9.90. The third kappa shape index (κ3) is 4.85. The van der Waals surface area contributed by atoms with Crippen LogP contribution in [0, 0.1) is 31.3 Å². The number of aromatic nitrogens is 2. The highest BCUT2D eigenvalue weighted by Gasteiger charge is 2.41. The van der Waals surface area contributed by atoms with Gasteiger partial charge in [-0.2, -0.15) is 0 Å². The molecule has 0 bridgehead atoms. The van der Waals surface area contributed by atoms with Gasteiger partial charge >= 0.3 is 0 Å². The van der Waals surface area contributed by atoms with Crippen molar-refractivity contribution >= 4 is 11.9 Å². The van der Waals surface area contributed by atoms with Crippen molar-refractivity contribution in [1.29, 1.82) is 0 Å². The molecular weight excluding hydrogens is 529 g/mol. The van der Waals surface area contributed by atoms with Gasteiger partial charge in [0.1, 0.15) is 5.75 Å². The Labute approximate surface area is 236 Å². The first-order valence-corrected chi connectivity index (χ1v) is 13.5. The fraction of sp³-hybridized carbons (Fsp3) is 0.250. The fourth-order valence-corrected chi connectivity index (χ4v) is 5.60. The summed E-state index contributed by atoms with van der Waals surface area (Å²) in [6.45, 7) is 4.56. The van der Waals surface area contributed by atoms with Gasteiger partial charge in [0, 0.05) is 12.2 Å². The molecule has 9 heteroatoms. The van der Waals surface area contributed by atoms with E-state index in [1.54, 1.807) is 13.4 Å². The van der Waals surface area contributed by atoms with Crippen LogP contribution in [-0.2, 0) is 4.84 Å². The number of fused-ring (bicyclic) bond motifs is 1. The summed E-state index contributed by atoms with van der Waals surface area (Å²) in [5.74, 6) is -2.69. The lowest BCUT2D eigenvalue weighted by Gasteiger charge is -2.44. The first-order valence-electron chi connectivity index (χ1n) is 13.5. The number of amidine groups is 1. The summed E-state index contributed by atoms with van der Waals surface area (Å²) in [5.41, 5.74) is 5.75. The van der Waals surface area contributed by atoms with Crippen molar-refractivity contribution in [2.45, 2.75) is 38.8 Å². The minimum absolute atomic E-state index is 0.279. The monoisotopic (exact) mass is 558 g/mol. The maximum Gasteiger partial charge on any atom is 0.194 e. The lowest BCUT2D eigenvalue weighted by molar-refractivity contribution is -0.0233. The molecule has 0 aliphatic carbocycles. The molecule has 1 unspecified atom stereocenters. The number of rotatable bonds is 5. The summed E-state index contributed by atoms with van der Waals surface area (Å²) < 4.78 is 50.5. The number of ether oxygens (including phenoxy) is 1. The number of piperidine rings is 1. The summed E-state index contributed by atoms with van der Waals surface area (Å²) in [6, 6.07) is 16.8. The number of halogens is 3. The molecule has 3 heterocycles. The van der Waals surface area contributed by atoms with Crippen LogP contribution < -0.4 is 4.74 Å². The molecule has 41 heavy (non-hydrogen) atoms. The fourth-order valence-electron chi connectivity index (χ4n) is 5.60. The second kappa shape index (κ2) is 10.8.